The lowest BCUT2D eigenvalue weighted by molar-refractivity contribution is -0.132. The number of nitrogens with zero attached hydrogens (tertiary/aromatic N) is 2. The Morgan fingerprint density at radius 3 is 2.65 bits per heavy atom. The maximum absolute atomic E-state index is 12.3. The quantitative estimate of drug-likeness (QED) is 0.898. The molecule has 1 fully saturated rings. The number of likely N-dealkylation sites (tertiary alicyclic amines) is 1. The maximum atomic E-state index is 12.3. The van der Waals surface area contributed by atoms with Gasteiger partial charge in [-0.05, 0) is 31.4 Å². The Bertz CT molecular complexity index is 514. The van der Waals surface area contributed by atoms with Crippen LogP contribution in [0, 0.1) is 6.92 Å². The van der Waals surface area contributed by atoms with Gasteiger partial charge in [0.1, 0.15) is 6.04 Å². The number of urea groups is 1. The number of rotatable bonds is 2. The van der Waals surface area contributed by atoms with E-state index in [0.717, 1.165) is 24.1 Å². The van der Waals surface area contributed by atoms with Gasteiger partial charge in [-0.2, -0.15) is 0 Å². The van der Waals surface area contributed by atoms with Gasteiger partial charge in [0.2, 0.25) is 5.91 Å². The molecule has 1 unspecified atom stereocenters. The standard InChI is InChI=1S/C15H21N3O2/c1-11-7-4-5-8-12(11)16-15(20)18-10-6-9-13(18)14(19)17(2)3/h4-5,7-8,13H,6,9-10H2,1-3H3,(H,16,20). The first-order valence-corrected chi connectivity index (χ1v) is 6.85. The molecule has 1 aliphatic rings. The Hall–Kier alpha value is -2.04. The highest BCUT2D eigenvalue weighted by Gasteiger charge is 2.34. The average molecular weight is 275 g/mol. The number of amides is 3. The van der Waals surface area contributed by atoms with Crippen molar-refractivity contribution in [3.05, 3.63) is 29.8 Å². The van der Waals surface area contributed by atoms with E-state index in [4.69, 9.17) is 0 Å². The summed E-state index contributed by atoms with van der Waals surface area (Å²) in [6, 6.07) is 7.09. The van der Waals surface area contributed by atoms with Gasteiger partial charge >= 0.3 is 6.03 Å². The molecule has 0 bridgehead atoms. The van der Waals surface area contributed by atoms with Gasteiger partial charge in [0.05, 0.1) is 0 Å². The van der Waals surface area contributed by atoms with Crippen LogP contribution in [0.4, 0.5) is 10.5 Å². The van der Waals surface area contributed by atoms with Gasteiger partial charge < -0.3 is 15.1 Å². The van der Waals surface area contributed by atoms with E-state index in [0.29, 0.717) is 6.54 Å². The van der Waals surface area contributed by atoms with Crippen LogP contribution in [0.15, 0.2) is 24.3 Å². The molecule has 5 heteroatoms. The van der Waals surface area contributed by atoms with E-state index in [1.165, 1.54) is 0 Å². The van der Waals surface area contributed by atoms with Gasteiger partial charge in [0, 0.05) is 26.3 Å². The third-order valence-electron chi connectivity index (χ3n) is 3.63. The molecule has 5 nitrogen and oxygen atoms in total. The van der Waals surface area contributed by atoms with E-state index in [1.807, 2.05) is 31.2 Å². The molecule has 1 aromatic carbocycles. The highest BCUT2D eigenvalue weighted by atomic mass is 16.2. The Kier molecular flexibility index (Phi) is 4.27. The number of hydrogen-bond donors (Lipinski definition) is 1. The Morgan fingerprint density at radius 1 is 1.30 bits per heavy atom. The van der Waals surface area contributed by atoms with Crippen molar-refractivity contribution in [3.8, 4) is 0 Å². The van der Waals surface area contributed by atoms with Crippen LogP contribution in [0.1, 0.15) is 18.4 Å². The summed E-state index contributed by atoms with van der Waals surface area (Å²) in [6.07, 6.45) is 1.60. The second-order valence-electron chi connectivity index (χ2n) is 5.33. The minimum absolute atomic E-state index is 0.0116. The summed E-state index contributed by atoms with van der Waals surface area (Å²) in [7, 11) is 3.44. The van der Waals surface area contributed by atoms with Crippen molar-refractivity contribution in [1.29, 1.82) is 0 Å². The molecule has 0 aromatic heterocycles. The zero-order valence-electron chi connectivity index (χ0n) is 12.2. The molecule has 2 rings (SSSR count). The predicted octanol–water partition coefficient (Wildman–Crippen LogP) is 2.08. The number of para-hydroxylation sites is 1. The molecule has 20 heavy (non-hydrogen) atoms. The zero-order valence-corrected chi connectivity index (χ0v) is 12.2. The molecule has 1 aromatic rings. The average Bonchev–Trinajstić information content (AvgIpc) is 2.89. The molecule has 1 saturated heterocycles. The molecule has 0 radical (unpaired) electrons. The van der Waals surface area contributed by atoms with Crippen LogP contribution in [-0.2, 0) is 4.79 Å². The van der Waals surface area contributed by atoms with Crippen LogP contribution in [0.3, 0.4) is 0 Å². The smallest absolute Gasteiger partial charge is 0.322 e. The van der Waals surface area contributed by atoms with Gasteiger partial charge in [-0.25, -0.2) is 4.79 Å². The topological polar surface area (TPSA) is 52.7 Å². The fraction of sp³-hybridized carbons (Fsp3) is 0.467. The lowest BCUT2D eigenvalue weighted by atomic mass is 10.2. The number of benzene rings is 1. The van der Waals surface area contributed by atoms with Gasteiger partial charge in [0.25, 0.3) is 0 Å². The monoisotopic (exact) mass is 275 g/mol. The summed E-state index contributed by atoms with van der Waals surface area (Å²) in [5.41, 5.74) is 1.80. The van der Waals surface area contributed by atoms with E-state index < -0.39 is 0 Å². The van der Waals surface area contributed by atoms with Crippen molar-refractivity contribution in [2.24, 2.45) is 0 Å². The summed E-state index contributed by atoms with van der Waals surface area (Å²) >= 11 is 0. The largest absolute Gasteiger partial charge is 0.347 e. The summed E-state index contributed by atoms with van der Waals surface area (Å²) in [5, 5.41) is 2.89. The lowest BCUT2D eigenvalue weighted by Gasteiger charge is -2.26. The first kappa shape index (κ1) is 14.4. The molecule has 1 aliphatic heterocycles. The van der Waals surface area contributed by atoms with Crippen LogP contribution >= 0.6 is 0 Å². The van der Waals surface area contributed by atoms with Crippen LogP contribution in [-0.4, -0.2) is 48.4 Å². The van der Waals surface area contributed by atoms with Crippen molar-refractivity contribution in [1.82, 2.24) is 9.80 Å². The number of aryl methyl sites for hydroxylation is 1. The molecule has 0 saturated carbocycles. The second-order valence-corrected chi connectivity index (χ2v) is 5.33. The number of nitrogens with one attached hydrogen (secondary N) is 1. The van der Waals surface area contributed by atoms with E-state index in [1.54, 1.807) is 23.9 Å². The fourth-order valence-corrected chi connectivity index (χ4v) is 2.46. The predicted molar refractivity (Wildman–Crippen MR) is 78.6 cm³/mol. The summed E-state index contributed by atoms with van der Waals surface area (Å²) in [4.78, 5) is 27.6. The number of carbonyl (C=O) groups excluding carboxylic acids is 2. The van der Waals surface area contributed by atoms with Gasteiger partial charge in [0.15, 0.2) is 0 Å². The maximum Gasteiger partial charge on any atom is 0.322 e. The number of hydrogen-bond acceptors (Lipinski definition) is 2. The van der Waals surface area contributed by atoms with Crippen LogP contribution in [0.25, 0.3) is 0 Å². The summed E-state index contributed by atoms with van der Waals surface area (Å²) in [5.74, 6) is -0.0116. The molecule has 0 spiro atoms. The number of anilines is 1. The molecule has 0 aliphatic carbocycles. The molecule has 1 N–H and O–H groups in total. The highest BCUT2D eigenvalue weighted by Crippen LogP contribution is 2.21. The zero-order chi connectivity index (χ0) is 14.7. The highest BCUT2D eigenvalue weighted by molar-refractivity contribution is 5.94. The molecular weight excluding hydrogens is 254 g/mol. The molecule has 108 valence electrons. The fourth-order valence-electron chi connectivity index (χ4n) is 2.46. The first-order valence-electron chi connectivity index (χ1n) is 6.85. The van der Waals surface area contributed by atoms with Crippen LogP contribution in [0.5, 0.6) is 0 Å². The number of likely N-dealkylation sites (N-methyl/N-ethyl adjacent to an activating group) is 1. The van der Waals surface area contributed by atoms with Crippen molar-refractivity contribution in [3.63, 3.8) is 0 Å². The van der Waals surface area contributed by atoms with Crippen molar-refractivity contribution in [2.75, 3.05) is 26.0 Å². The van der Waals surface area contributed by atoms with E-state index >= 15 is 0 Å². The van der Waals surface area contributed by atoms with E-state index in [9.17, 15) is 9.59 Å². The van der Waals surface area contributed by atoms with Gasteiger partial charge in [-0.3, -0.25) is 4.79 Å². The summed E-state index contributed by atoms with van der Waals surface area (Å²) < 4.78 is 0. The van der Waals surface area contributed by atoms with Crippen LogP contribution < -0.4 is 5.32 Å². The normalized spacial score (nSPS) is 17.9. The van der Waals surface area contributed by atoms with Gasteiger partial charge in [-0.15, -0.1) is 0 Å². The third-order valence-corrected chi connectivity index (χ3v) is 3.63. The molecule has 1 heterocycles. The minimum Gasteiger partial charge on any atom is -0.347 e. The summed E-state index contributed by atoms with van der Waals surface area (Å²) in [6.45, 7) is 2.57. The number of carbonyl (C=O) groups is 2. The van der Waals surface area contributed by atoms with E-state index in [2.05, 4.69) is 5.32 Å². The van der Waals surface area contributed by atoms with Crippen molar-refractivity contribution >= 4 is 17.6 Å². The SMILES string of the molecule is Cc1ccccc1NC(=O)N1CCCC1C(=O)N(C)C. The van der Waals surface area contributed by atoms with Crippen LogP contribution in [0.2, 0.25) is 0 Å². The molecular formula is C15H21N3O2. The van der Waals surface area contributed by atoms with E-state index in [-0.39, 0.29) is 18.0 Å². The van der Waals surface area contributed by atoms with Gasteiger partial charge in [-0.1, -0.05) is 18.2 Å². The molecule has 3 amide bonds. The van der Waals surface area contributed by atoms with Crippen molar-refractivity contribution < 1.29 is 9.59 Å². The lowest BCUT2D eigenvalue weighted by Crippen LogP contribution is -2.47. The first-order chi connectivity index (χ1) is 9.50. The molecule has 1 atom stereocenters. The Balaban J connectivity index is 2.09. The minimum atomic E-state index is -0.339. The Labute approximate surface area is 119 Å². The third kappa shape index (κ3) is 2.92. The van der Waals surface area contributed by atoms with Crippen molar-refractivity contribution in [2.45, 2.75) is 25.8 Å². The Morgan fingerprint density at radius 2 is 2.00 bits per heavy atom. The second kappa shape index (κ2) is 5.94.